The lowest BCUT2D eigenvalue weighted by atomic mass is 10.1. The largest absolute Gasteiger partial charge is 0.355 e. The zero-order chi connectivity index (χ0) is 25.3. The Hall–Kier alpha value is -3.71. The molecule has 0 radical (unpaired) electrons. The van der Waals surface area contributed by atoms with Crippen molar-refractivity contribution in [3.63, 3.8) is 0 Å². The van der Waals surface area contributed by atoms with Gasteiger partial charge in [-0.2, -0.15) is 0 Å². The van der Waals surface area contributed by atoms with E-state index in [1.807, 2.05) is 42.5 Å². The molecule has 36 heavy (non-hydrogen) atoms. The number of hydrogen-bond donors (Lipinski definition) is 1. The van der Waals surface area contributed by atoms with Crippen molar-refractivity contribution in [2.45, 2.75) is 43.8 Å². The van der Waals surface area contributed by atoms with Crippen LogP contribution in [0.1, 0.15) is 52.5 Å². The van der Waals surface area contributed by atoms with E-state index in [1.165, 1.54) is 5.56 Å². The number of carbonyl (C=O) groups is 1. The molecule has 2 heterocycles. The van der Waals surface area contributed by atoms with Crippen LogP contribution in [0.25, 0.3) is 0 Å². The number of aromatic nitrogens is 3. The van der Waals surface area contributed by atoms with Gasteiger partial charge < -0.3 is 10.2 Å². The lowest BCUT2D eigenvalue weighted by molar-refractivity contribution is 0.0951. The van der Waals surface area contributed by atoms with Gasteiger partial charge in [-0.05, 0) is 40.8 Å². The molecule has 0 fully saturated rings. The third-order valence-corrected chi connectivity index (χ3v) is 6.64. The zero-order valence-corrected chi connectivity index (χ0v) is 21.7. The summed E-state index contributed by atoms with van der Waals surface area (Å²) >= 11 is 1.61. The molecular formula is C29H31N5OS. The number of hydrogen-bond acceptors (Lipinski definition) is 6. The SMILES string of the molecule is CC(C)c1cc(N(C)Cc2ccccc2)nc(SCc2ccc(C(=O)NCc3cccnc3)cc2)n1. The van der Waals surface area contributed by atoms with E-state index in [0.29, 0.717) is 18.0 Å². The molecule has 184 valence electrons. The summed E-state index contributed by atoms with van der Waals surface area (Å²) in [6.07, 6.45) is 3.47. The molecule has 0 aliphatic heterocycles. The molecule has 0 unspecified atom stereocenters. The number of anilines is 1. The minimum absolute atomic E-state index is 0.0999. The minimum Gasteiger partial charge on any atom is -0.355 e. The van der Waals surface area contributed by atoms with E-state index in [4.69, 9.17) is 9.97 Å². The Kier molecular flexibility index (Phi) is 8.68. The molecule has 0 saturated heterocycles. The Labute approximate surface area is 217 Å². The van der Waals surface area contributed by atoms with E-state index >= 15 is 0 Å². The summed E-state index contributed by atoms with van der Waals surface area (Å²) in [5, 5.41) is 3.69. The number of carbonyl (C=O) groups excluding carboxylic acids is 1. The second kappa shape index (κ2) is 12.3. The van der Waals surface area contributed by atoms with Crippen LogP contribution in [0.4, 0.5) is 5.82 Å². The van der Waals surface area contributed by atoms with Crippen molar-refractivity contribution < 1.29 is 4.79 Å². The third-order valence-electron chi connectivity index (χ3n) is 5.72. The molecule has 0 aliphatic rings. The van der Waals surface area contributed by atoms with Gasteiger partial charge in [-0.25, -0.2) is 9.97 Å². The van der Waals surface area contributed by atoms with Gasteiger partial charge in [0.25, 0.3) is 5.91 Å². The Balaban J connectivity index is 1.38. The summed E-state index contributed by atoms with van der Waals surface area (Å²) in [6.45, 7) is 5.53. The van der Waals surface area contributed by atoms with Gasteiger partial charge in [0, 0.05) is 55.6 Å². The maximum Gasteiger partial charge on any atom is 0.251 e. The van der Waals surface area contributed by atoms with Crippen LogP contribution in [0, 0.1) is 0 Å². The third kappa shape index (κ3) is 7.15. The first-order valence-electron chi connectivity index (χ1n) is 12.0. The van der Waals surface area contributed by atoms with Gasteiger partial charge >= 0.3 is 0 Å². The Bertz CT molecular complexity index is 1260. The predicted molar refractivity (Wildman–Crippen MR) is 146 cm³/mol. The van der Waals surface area contributed by atoms with Crippen LogP contribution in [-0.4, -0.2) is 27.9 Å². The van der Waals surface area contributed by atoms with Crippen molar-refractivity contribution in [1.82, 2.24) is 20.3 Å². The highest BCUT2D eigenvalue weighted by molar-refractivity contribution is 7.98. The van der Waals surface area contributed by atoms with E-state index in [2.05, 4.69) is 66.4 Å². The van der Waals surface area contributed by atoms with Gasteiger partial charge in [-0.15, -0.1) is 0 Å². The molecule has 6 nitrogen and oxygen atoms in total. The highest BCUT2D eigenvalue weighted by atomic mass is 32.2. The van der Waals surface area contributed by atoms with Crippen LogP contribution < -0.4 is 10.2 Å². The number of amides is 1. The van der Waals surface area contributed by atoms with Crippen molar-refractivity contribution in [2.75, 3.05) is 11.9 Å². The first-order valence-corrected chi connectivity index (χ1v) is 13.0. The lowest BCUT2D eigenvalue weighted by Gasteiger charge is -2.20. The quantitative estimate of drug-likeness (QED) is 0.219. The average Bonchev–Trinajstić information content (AvgIpc) is 2.91. The normalized spacial score (nSPS) is 10.9. The lowest BCUT2D eigenvalue weighted by Crippen LogP contribution is -2.22. The number of thioether (sulfide) groups is 1. The van der Waals surface area contributed by atoms with E-state index in [-0.39, 0.29) is 5.91 Å². The molecular weight excluding hydrogens is 466 g/mol. The van der Waals surface area contributed by atoms with E-state index < -0.39 is 0 Å². The summed E-state index contributed by atoms with van der Waals surface area (Å²) in [5.74, 6) is 1.85. The van der Waals surface area contributed by atoms with Crippen molar-refractivity contribution >= 4 is 23.5 Å². The molecule has 1 N–H and O–H groups in total. The second-order valence-electron chi connectivity index (χ2n) is 8.96. The molecule has 0 spiro atoms. The number of rotatable bonds is 10. The highest BCUT2D eigenvalue weighted by Gasteiger charge is 2.13. The van der Waals surface area contributed by atoms with Gasteiger partial charge in [-0.1, -0.05) is 74.1 Å². The predicted octanol–water partition coefficient (Wildman–Crippen LogP) is 5.85. The van der Waals surface area contributed by atoms with Crippen LogP contribution in [0.5, 0.6) is 0 Å². The summed E-state index contributed by atoms with van der Waals surface area (Å²) in [7, 11) is 2.06. The molecule has 1 amide bonds. The molecule has 4 rings (SSSR count). The molecule has 0 aliphatic carbocycles. The van der Waals surface area contributed by atoms with Crippen LogP contribution in [-0.2, 0) is 18.8 Å². The van der Waals surface area contributed by atoms with Crippen molar-refractivity contribution in [1.29, 1.82) is 0 Å². The van der Waals surface area contributed by atoms with Crippen LogP contribution in [0.3, 0.4) is 0 Å². The summed E-state index contributed by atoms with van der Waals surface area (Å²) in [6, 6.07) is 24.0. The van der Waals surface area contributed by atoms with Crippen molar-refractivity contribution in [2.24, 2.45) is 0 Å². The van der Waals surface area contributed by atoms with Crippen LogP contribution in [0.15, 0.2) is 90.3 Å². The van der Waals surface area contributed by atoms with Gasteiger partial charge in [0.2, 0.25) is 0 Å². The minimum atomic E-state index is -0.0999. The monoisotopic (exact) mass is 497 g/mol. The van der Waals surface area contributed by atoms with E-state index in [1.54, 1.807) is 24.2 Å². The number of pyridine rings is 1. The molecule has 2 aromatic carbocycles. The van der Waals surface area contributed by atoms with Crippen molar-refractivity contribution in [3.8, 4) is 0 Å². The highest BCUT2D eigenvalue weighted by Crippen LogP contribution is 2.26. The van der Waals surface area contributed by atoms with Gasteiger partial charge in [0.05, 0.1) is 0 Å². The maximum absolute atomic E-state index is 12.5. The zero-order valence-electron chi connectivity index (χ0n) is 20.9. The first-order chi connectivity index (χ1) is 17.5. The second-order valence-corrected chi connectivity index (χ2v) is 9.90. The fraction of sp³-hybridized carbons (Fsp3) is 0.241. The number of benzene rings is 2. The number of nitrogens with one attached hydrogen (secondary N) is 1. The molecule has 0 bridgehead atoms. The van der Waals surface area contributed by atoms with Crippen molar-refractivity contribution in [3.05, 3.63) is 113 Å². The molecule has 4 aromatic rings. The van der Waals surface area contributed by atoms with Gasteiger partial charge in [-0.3, -0.25) is 9.78 Å². The summed E-state index contributed by atoms with van der Waals surface area (Å²) in [4.78, 5) is 28.3. The van der Waals surface area contributed by atoms with Crippen LogP contribution in [0.2, 0.25) is 0 Å². The average molecular weight is 498 g/mol. The first kappa shape index (κ1) is 25.4. The molecule has 0 saturated carbocycles. The standard InChI is InChI=1S/C29H31N5OS/c1-21(2)26-16-27(34(3)19-22-8-5-4-6-9-22)33-29(32-26)36-20-23-11-13-25(14-12-23)28(35)31-18-24-10-7-15-30-17-24/h4-17,21H,18-20H2,1-3H3,(H,31,35). The molecule has 7 heteroatoms. The Morgan fingerprint density at radius 1 is 0.944 bits per heavy atom. The molecule has 2 aromatic heterocycles. The summed E-state index contributed by atoms with van der Waals surface area (Å²) in [5.41, 5.74) is 4.99. The van der Waals surface area contributed by atoms with Gasteiger partial charge in [0.1, 0.15) is 5.82 Å². The van der Waals surface area contributed by atoms with E-state index in [9.17, 15) is 4.79 Å². The Morgan fingerprint density at radius 3 is 2.39 bits per heavy atom. The fourth-order valence-electron chi connectivity index (χ4n) is 3.61. The molecule has 0 atom stereocenters. The topological polar surface area (TPSA) is 71.0 Å². The summed E-state index contributed by atoms with van der Waals surface area (Å²) < 4.78 is 0. The van der Waals surface area contributed by atoms with Gasteiger partial charge in [0.15, 0.2) is 5.16 Å². The number of nitrogens with zero attached hydrogens (tertiary/aromatic N) is 4. The fourth-order valence-corrected chi connectivity index (χ4v) is 4.43. The smallest absolute Gasteiger partial charge is 0.251 e. The Morgan fingerprint density at radius 2 is 1.69 bits per heavy atom. The van der Waals surface area contributed by atoms with E-state index in [0.717, 1.165) is 40.1 Å². The van der Waals surface area contributed by atoms with Crippen LogP contribution >= 0.6 is 11.8 Å². The maximum atomic E-state index is 12.5.